The number of imidazole rings is 2. The summed E-state index contributed by atoms with van der Waals surface area (Å²) in [4.78, 5) is 29.9. The molecular formula is C23H21N5O3. The molecular weight excluding hydrogens is 394 g/mol. The average Bonchev–Trinajstić information content (AvgIpc) is 3.28. The fraction of sp³-hybridized carbons (Fsp3) is 0.174. The van der Waals surface area contributed by atoms with Gasteiger partial charge in [0.2, 0.25) is 5.78 Å². The number of benzene rings is 2. The highest BCUT2D eigenvalue weighted by Crippen LogP contribution is 2.27. The van der Waals surface area contributed by atoms with E-state index in [1.165, 1.54) is 11.6 Å². The summed E-state index contributed by atoms with van der Waals surface area (Å²) in [6.45, 7) is 3.92. The molecule has 8 heteroatoms. The summed E-state index contributed by atoms with van der Waals surface area (Å²) in [5.41, 5.74) is 2.72. The lowest BCUT2D eigenvalue weighted by molar-refractivity contribution is 0.482. The second kappa shape index (κ2) is 6.73. The topological polar surface area (TPSA) is 75.5 Å². The molecule has 0 spiro atoms. The van der Waals surface area contributed by atoms with Crippen LogP contribution in [0.4, 0.5) is 0 Å². The number of ether oxygens (including phenoxy) is 1. The van der Waals surface area contributed by atoms with E-state index in [-0.39, 0.29) is 5.56 Å². The number of fused-ring (bicyclic) bond motifs is 3. The molecule has 8 nitrogen and oxygen atoms in total. The van der Waals surface area contributed by atoms with Gasteiger partial charge in [-0.25, -0.2) is 4.79 Å². The molecule has 2 aromatic carbocycles. The molecule has 5 rings (SSSR count). The maximum absolute atomic E-state index is 12.9. The van der Waals surface area contributed by atoms with Gasteiger partial charge in [0.25, 0.3) is 5.56 Å². The highest BCUT2D eigenvalue weighted by Gasteiger charge is 2.22. The number of nitrogens with zero attached hydrogens (tertiary/aromatic N) is 5. The third-order valence-electron chi connectivity index (χ3n) is 5.71. The molecule has 0 bridgehead atoms. The predicted octanol–water partition coefficient (Wildman–Crippen LogP) is 3.08. The fourth-order valence-electron chi connectivity index (χ4n) is 3.92. The minimum atomic E-state index is -0.401. The van der Waals surface area contributed by atoms with Gasteiger partial charge >= 0.3 is 5.69 Å². The van der Waals surface area contributed by atoms with Gasteiger partial charge in [-0.05, 0) is 50.2 Å². The van der Waals surface area contributed by atoms with E-state index in [0.717, 1.165) is 33.1 Å². The SMILES string of the molecule is Cc1c(C)n2c3c(=O)n(C)c(=O)n(C)c3nc2n1-c1ccc(Oc2ccccc2)cc1. The summed E-state index contributed by atoms with van der Waals surface area (Å²) in [6.07, 6.45) is 0. The molecule has 0 N–H and O–H groups in total. The Morgan fingerprint density at radius 1 is 0.806 bits per heavy atom. The maximum Gasteiger partial charge on any atom is 0.332 e. The van der Waals surface area contributed by atoms with Crippen LogP contribution in [-0.2, 0) is 14.1 Å². The van der Waals surface area contributed by atoms with Gasteiger partial charge < -0.3 is 4.74 Å². The van der Waals surface area contributed by atoms with Gasteiger partial charge in [-0.2, -0.15) is 4.98 Å². The Bertz CT molecular complexity index is 1570. The lowest BCUT2D eigenvalue weighted by Gasteiger charge is -2.09. The summed E-state index contributed by atoms with van der Waals surface area (Å²) in [7, 11) is 3.10. The fourth-order valence-corrected chi connectivity index (χ4v) is 3.92. The van der Waals surface area contributed by atoms with Gasteiger partial charge in [0.05, 0.1) is 0 Å². The standard InChI is InChI=1S/C23H21N5O3/c1-14-15(2)28-19-20(25(3)23(30)26(4)21(19)29)24-22(28)27(14)16-10-12-18(13-11-16)31-17-8-6-5-7-9-17/h5-13H,1-4H3. The van der Waals surface area contributed by atoms with E-state index in [1.54, 1.807) is 7.05 Å². The molecule has 0 aliphatic carbocycles. The van der Waals surface area contributed by atoms with Gasteiger partial charge in [0, 0.05) is 31.2 Å². The van der Waals surface area contributed by atoms with Crippen LogP contribution in [0.5, 0.6) is 11.5 Å². The van der Waals surface area contributed by atoms with E-state index in [0.29, 0.717) is 16.9 Å². The van der Waals surface area contributed by atoms with Gasteiger partial charge in [-0.3, -0.25) is 22.9 Å². The van der Waals surface area contributed by atoms with Crippen molar-refractivity contribution in [1.29, 1.82) is 0 Å². The third kappa shape index (κ3) is 2.72. The highest BCUT2D eigenvalue weighted by atomic mass is 16.5. The van der Waals surface area contributed by atoms with E-state index in [9.17, 15) is 9.59 Å². The van der Waals surface area contributed by atoms with Crippen molar-refractivity contribution in [3.05, 3.63) is 86.8 Å². The largest absolute Gasteiger partial charge is 0.457 e. The summed E-state index contributed by atoms with van der Waals surface area (Å²) in [5, 5.41) is 0. The lowest BCUT2D eigenvalue weighted by atomic mass is 10.2. The zero-order valence-electron chi connectivity index (χ0n) is 17.7. The molecule has 0 amide bonds. The molecule has 3 aromatic heterocycles. The highest BCUT2D eigenvalue weighted by molar-refractivity contribution is 5.77. The van der Waals surface area contributed by atoms with Crippen LogP contribution in [0.3, 0.4) is 0 Å². The van der Waals surface area contributed by atoms with Crippen molar-refractivity contribution in [2.24, 2.45) is 14.1 Å². The van der Waals surface area contributed by atoms with Crippen LogP contribution in [0.15, 0.2) is 64.2 Å². The minimum absolute atomic E-state index is 0.363. The number of aryl methyl sites for hydroxylation is 2. The molecule has 0 fully saturated rings. The first-order valence-electron chi connectivity index (χ1n) is 9.88. The van der Waals surface area contributed by atoms with Crippen LogP contribution < -0.4 is 16.0 Å². The van der Waals surface area contributed by atoms with Crippen LogP contribution in [0.1, 0.15) is 11.4 Å². The first-order valence-corrected chi connectivity index (χ1v) is 9.88. The van der Waals surface area contributed by atoms with E-state index in [4.69, 9.17) is 4.74 Å². The molecule has 0 aliphatic heterocycles. The van der Waals surface area contributed by atoms with Crippen LogP contribution >= 0.6 is 0 Å². The lowest BCUT2D eigenvalue weighted by Crippen LogP contribution is -2.37. The van der Waals surface area contributed by atoms with Crippen molar-refractivity contribution in [1.82, 2.24) is 23.1 Å². The Morgan fingerprint density at radius 2 is 1.45 bits per heavy atom. The molecule has 0 atom stereocenters. The van der Waals surface area contributed by atoms with Crippen molar-refractivity contribution in [2.75, 3.05) is 0 Å². The van der Waals surface area contributed by atoms with Gasteiger partial charge in [-0.1, -0.05) is 18.2 Å². The van der Waals surface area contributed by atoms with Crippen LogP contribution in [-0.4, -0.2) is 23.1 Å². The predicted molar refractivity (Wildman–Crippen MR) is 118 cm³/mol. The summed E-state index contributed by atoms with van der Waals surface area (Å²) >= 11 is 0. The first-order chi connectivity index (χ1) is 14.9. The summed E-state index contributed by atoms with van der Waals surface area (Å²) < 4.78 is 12.2. The van der Waals surface area contributed by atoms with Crippen molar-refractivity contribution in [2.45, 2.75) is 13.8 Å². The molecule has 0 radical (unpaired) electrons. The maximum atomic E-state index is 12.9. The quantitative estimate of drug-likeness (QED) is 0.454. The smallest absolute Gasteiger partial charge is 0.332 e. The van der Waals surface area contributed by atoms with E-state index in [2.05, 4.69) is 4.98 Å². The Kier molecular flexibility index (Phi) is 4.11. The zero-order chi connectivity index (χ0) is 21.9. The van der Waals surface area contributed by atoms with Gasteiger partial charge in [0.1, 0.15) is 11.5 Å². The molecule has 0 saturated heterocycles. The van der Waals surface area contributed by atoms with Crippen LogP contribution in [0.25, 0.3) is 22.6 Å². The van der Waals surface area contributed by atoms with E-state index >= 15 is 0 Å². The second-order valence-corrected chi connectivity index (χ2v) is 7.54. The van der Waals surface area contributed by atoms with Crippen molar-refractivity contribution in [3.63, 3.8) is 0 Å². The number of rotatable bonds is 3. The molecule has 5 aromatic rings. The number of para-hydroxylation sites is 1. The first kappa shape index (κ1) is 18.9. The number of hydrogen-bond donors (Lipinski definition) is 0. The van der Waals surface area contributed by atoms with Crippen molar-refractivity contribution in [3.8, 4) is 17.2 Å². The Labute approximate surface area is 177 Å². The normalized spacial score (nSPS) is 11.5. The van der Waals surface area contributed by atoms with Crippen LogP contribution in [0, 0.1) is 13.8 Å². The molecule has 0 saturated carbocycles. The Hall–Kier alpha value is -4.07. The molecule has 0 unspecified atom stereocenters. The summed E-state index contributed by atoms with van der Waals surface area (Å²) in [6, 6.07) is 17.3. The number of hydrogen-bond acceptors (Lipinski definition) is 4. The molecule has 3 heterocycles. The zero-order valence-corrected chi connectivity index (χ0v) is 17.7. The second-order valence-electron chi connectivity index (χ2n) is 7.54. The van der Waals surface area contributed by atoms with Crippen molar-refractivity contribution < 1.29 is 4.74 Å². The molecule has 31 heavy (non-hydrogen) atoms. The van der Waals surface area contributed by atoms with E-state index in [1.807, 2.05) is 77.4 Å². The molecule has 0 aliphatic rings. The van der Waals surface area contributed by atoms with Gasteiger partial charge in [0.15, 0.2) is 11.2 Å². The summed E-state index contributed by atoms with van der Waals surface area (Å²) in [5.74, 6) is 2.07. The average molecular weight is 415 g/mol. The Balaban J connectivity index is 1.69. The third-order valence-corrected chi connectivity index (χ3v) is 5.71. The number of aromatic nitrogens is 5. The monoisotopic (exact) mass is 415 g/mol. The minimum Gasteiger partial charge on any atom is -0.457 e. The van der Waals surface area contributed by atoms with Crippen LogP contribution in [0.2, 0.25) is 0 Å². The van der Waals surface area contributed by atoms with Crippen molar-refractivity contribution >= 4 is 16.9 Å². The Morgan fingerprint density at radius 3 is 2.13 bits per heavy atom. The van der Waals surface area contributed by atoms with Gasteiger partial charge in [-0.15, -0.1) is 0 Å². The van der Waals surface area contributed by atoms with E-state index < -0.39 is 5.69 Å². The molecule has 156 valence electrons.